The first-order valence-electron chi connectivity index (χ1n) is 7.77. The van der Waals surface area contributed by atoms with Crippen LogP contribution >= 0.6 is 0 Å². The van der Waals surface area contributed by atoms with Crippen LogP contribution in [-0.2, 0) is 11.3 Å². The standard InChI is InChI=1S/C16H22O.C3H8/c1-5-7-8-14(4)16-10-9-13(3)11-15(16)12-17-6-2;1-3-2/h2,9-11,14H,5,7-8,12H2,1,3-4H3;3H2,1-2H3. The number of hydrogen-bond donors (Lipinski definition) is 0. The number of rotatable bonds is 6. The first-order valence-corrected chi connectivity index (χ1v) is 7.77. The molecule has 0 fully saturated rings. The van der Waals surface area contributed by atoms with Crippen LogP contribution in [0.2, 0.25) is 0 Å². The molecule has 1 heteroatoms. The van der Waals surface area contributed by atoms with Crippen LogP contribution in [0.1, 0.15) is 76.0 Å². The quantitative estimate of drug-likeness (QED) is 0.594. The van der Waals surface area contributed by atoms with Gasteiger partial charge in [0.05, 0.1) is 0 Å². The van der Waals surface area contributed by atoms with Crippen LogP contribution < -0.4 is 0 Å². The molecule has 0 amide bonds. The summed E-state index contributed by atoms with van der Waals surface area (Å²) in [5, 5.41) is 0. The average molecular weight is 274 g/mol. The summed E-state index contributed by atoms with van der Waals surface area (Å²) in [7, 11) is 0. The molecular weight excluding hydrogens is 244 g/mol. The van der Waals surface area contributed by atoms with E-state index in [0.29, 0.717) is 12.5 Å². The molecule has 112 valence electrons. The molecule has 0 aliphatic heterocycles. The third-order valence-corrected chi connectivity index (χ3v) is 3.13. The van der Waals surface area contributed by atoms with Crippen LogP contribution in [0.25, 0.3) is 0 Å². The zero-order valence-corrected chi connectivity index (χ0v) is 13.8. The molecule has 0 heterocycles. The molecule has 0 aliphatic rings. The van der Waals surface area contributed by atoms with Crippen molar-refractivity contribution >= 4 is 0 Å². The summed E-state index contributed by atoms with van der Waals surface area (Å²) >= 11 is 0. The Morgan fingerprint density at radius 1 is 1.25 bits per heavy atom. The highest BCUT2D eigenvalue weighted by Crippen LogP contribution is 2.26. The minimum absolute atomic E-state index is 0.518. The normalized spacial score (nSPS) is 11.0. The zero-order valence-electron chi connectivity index (χ0n) is 13.8. The lowest BCUT2D eigenvalue weighted by Crippen LogP contribution is -2.01. The van der Waals surface area contributed by atoms with Crippen LogP contribution in [0.3, 0.4) is 0 Å². The SMILES string of the molecule is C#COCc1cc(C)ccc1C(C)CCCC.CCC. The lowest BCUT2D eigenvalue weighted by Gasteiger charge is -2.16. The van der Waals surface area contributed by atoms with Crippen molar-refractivity contribution in [3.8, 4) is 12.5 Å². The molecule has 1 unspecified atom stereocenters. The molecule has 0 bridgehead atoms. The summed E-state index contributed by atoms with van der Waals surface area (Å²) in [5.74, 6) is 0.576. The number of unbranched alkanes of at least 4 members (excludes halogenated alkanes) is 1. The summed E-state index contributed by atoms with van der Waals surface area (Å²) < 4.78 is 5.10. The number of hydrogen-bond acceptors (Lipinski definition) is 1. The van der Waals surface area contributed by atoms with Crippen molar-refractivity contribution in [1.82, 2.24) is 0 Å². The van der Waals surface area contributed by atoms with Gasteiger partial charge in [-0.05, 0) is 30.4 Å². The van der Waals surface area contributed by atoms with E-state index in [1.807, 2.05) is 0 Å². The Kier molecular flexibility index (Phi) is 10.6. The van der Waals surface area contributed by atoms with Crippen LogP contribution in [0, 0.1) is 19.5 Å². The van der Waals surface area contributed by atoms with Gasteiger partial charge in [-0.15, -0.1) is 0 Å². The van der Waals surface area contributed by atoms with E-state index in [1.54, 1.807) is 0 Å². The first kappa shape index (κ1) is 18.6. The van der Waals surface area contributed by atoms with E-state index in [1.165, 1.54) is 42.4 Å². The van der Waals surface area contributed by atoms with Crippen LogP contribution in [-0.4, -0.2) is 0 Å². The van der Waals surface area contributed by atoms with Gasteiger partial charge < -0.3 is 4.74 Å². The lowest BCUT2D eigenvalue weighted by atomic mass is 9.91. The lowest BCUT2D eigenvalue weighted by molar-refractivity contribution is 0.263. The minimum Gasteiger partial charge on any atom is -0.442 e. The number of terminal acetylenes is 1. The molecule has 0 radical (unpaired) electrons. The Balaban J connectivity index is 0.00000110. The third kappa shape index (κ3) is 7.24. The van der Waals surface area contributed by atoms with Crippen molar-refractivity contribution in [2.75, 3.05) is 0 Å². The molecule has 20 heavy (non-hydrogen) atoms. The van der Waals surface area contributed by atoms with Gasteiger partial charge in [0.1, 0.15) is 12.7 Å². The molecule has 0 spiro atoms. The van der Waals surface area contributed by atoms with Gasteiger partial charge in [0, 0.05) is 0 Å². The van der Waals surface area contributed by atoms with Gasteiger partial charge in [0.15, 0.2) is 0 Å². The van der Waals surface area contributed by atoms with Gasteiger partial charge in [0.25, 0.3) is 0 Å². The third-order valence-electron chi connectivity index (χ3n) is 3.13. The van der Waals surface area contributed by atoms with E-state index < -0.39 is 0 Å². The van der Waals surface area contributed by atoms with Gasteiger partial charge in [0.2, 0.25) is 0 Å². The Hall–Kier alpha value is -1.42. The van der Waals surface area contributed by atoms with Crippen molar-refractivity contribution in [3.63, 3.8) is 0 Å². The van der Waals surface area contributed by atoms with Crippen molar-refractivity contribution in [1.29, 1.82) is 0 Å². The maximum Gasteiger partial charge on any atom is 0.125 e. The largest absolute Gasteiger partial charge is 0.442 e. The van der Waals surface area contributed by atoms with E-state index in [9.17, 15) is 0 Å². The van der Waals surface area contributed by atoms with Crippen molar-refractivity contribution in [2.45, 2.75) is 72.8 Å². The van der Waals surface area contributed by atoms with Crippen LogP contribution in [0.15, 0.2) is 18.2 Å². The number of ether oxygens (including phenoxy) is 1. The van der Waals surface area contributed by atoms with Crippen LogP contribution in [0.5, 0.6) is 0 Å². The maximum absolute atomic E-state index is 5.15. The fourth-order valence-electron chi connectivity index (χ4n) is 2.13. The fraction of sp³-hybridized carbons (Fsp3) is 0.579. The highest BCUT2D eigenvalue weighted by atomic mass is 16.5. The predicted molar refractivity (Wildman–Crippen MR) is 88.7 cm³/mol. The molecule has 1 rings (SSSR count). The molecular formula is C19H30O. The van der Waals surface area contributed by atoms with Gasteiger partial charge in [-0.3, -0.25) is 0 Å². The Morgan fingerprint density at radius 2 is 1.90 bits per heavy atom. The van der Waals surface area contributed by atoms with Crippen molar-refractivity contribution in [2.24, 2.45) is 0 Å². The summed E-state index contributed by atoms with van der Waals surface area (Å²) in [5.41, 5.74) is 3.86. The smallest absolute Gasteiger partial charge is 0.125 e. The maximum atomic E-state index is 5.15. The Bertz CT molecular complexity index is 401. The van der Waals surface area contributed by atoms with Gasteiger partial charge >= 0.3 is 0 Å². The molecule has 0 aromatic heterocycles. The van der Waals surface area contributed by atoms with E-state index >= 15 is 0 Å². The molecule has 1 nitrogen and oxygen atoms in total. The van der Waals surface area contributed by atoms with Crippen molar-refractivity contribution in [3.05, 3.63) is 34.9 Å². The monoisotopic (exact) mass is 274 g/mol. The van der Waals surface area contributed by atoms with E-state index in [0.717, 1.165) is 0 Å². The molecule has 1 aromatic carbocycles. The number of benzene rings is 1. The average Bonchev–Trinajstić information content (AvgIpc) is 2.43. The number of aryl methyl sites for hydroxylation is 1. The van der Waals surface area contributed by atoms with Crippen LogP contribution in [0.4, 0.5) is 0 Å². The summed E-state index contributed by atoms with van der Waals surface area (Å²) in [6.45, 7) is 11.4. The van der Waals surface area contributed by atoms with Gasteiger partial charge in [-0.2, -0.15) is 0 Å². The molecule has 0 saturated carbocycles. The van der Waals surface area contributed by atoms with E-state index in [2.05, 4.69) is 58.9 Å². The summed E-state index contributed by atoms with van der Waals surface area (Å²) in [6, 6.07) is 6.55. The Morgan fingerprint density at radius 3 is 2.45 bits per heavy atom. The first-order chi connectivity index (χ1) is 9.60. The topological polar surface area (TPSA) is 9.23 Å². The molecule has 1 atom stereocenters. The zero-order chi connectivity index (χ0) is 15.4. The Labute approximate surface area is 125 Å². The highest BCUT2D eigenvalue weighted by molar-refractivity contribution is 5.33. The second-order valence-electron chi connectivity index (χ2n) is 5.36. The predicted octanol–water partition coefficient (Wildman–Crippen LogP) is 5.81. The summed E-state index contributed by atoms with van der Waals surface area (Å²) in [4.78, 5) is 0. The highest BCUT2D eigenvalue weighted by Gasteiger charge is 2.10. The summed E-state index contributed by atoms with van der Waals surface area (Å²) in [6.07, 6.45) is 12.4. The minimum atomic E-state index is 0.518. The molecule has 0 aliphatic carbocycles. The second-order valence-corrected chi connectivity index (χ2v) is 5.36. The van der Waals surface area contributed by atoms with E-state index in [4.69, 9.17) is 11.2 Å². The second kappa shape index (κ2) is 11.4. The fourth-order valence-corrected chi connectivity index (χ4v) is 2.13. The van der Waals surface area contributed by atoms with E-state index in [-0.39, 0.29) is 0 Å². The molecule has 0 N–H and O–H groups in total. The van der Waals surface area contributed by atoms with Crippen molar-refractivity contribution < 1.29 is 4.74 Å². The van der Waals surface area contributed by atoms with Gasteiger partial charge in [-0.25, -0.2) is 0 Å². The molecule has 1 aromatic rings. The van der Waals surface area contributed by atoms with Gasteiger partial charge in [-0.1, -0.05) is 77.1 Å². The molecule has 0 saturated heterocycles.